The molecular formula is C13H17N2+. The second kappa shape index (κ2) is 4.87. The predicted molar refractivity (Wildman–Crippen MR) is 61.5 cm³/mol. The van der Waals surface area contributed by atoms with E-state index >= 15 is 0 Å². The van der Waals surface area contributed by atoms with Gasteiger partial charge in [-0.05, 0) is 25.0 Å². The van der Waals surface area contributed by atoms with E-state index in [1.165, 1.54) is 30.2 Å². The van der Waals surface area contributed by atoms with Gasteiger partial charge in [0.1, 0.15) is 5.52 Å². The lowest BCUT2D eigenvalue weighted by Crippen LogP contribution is -2.34. The molecule has 0 unspecified atom stereocenters. The highest BCUT2D eigenvalue weighted by molar-refractivity contribution is 5.73. The van der Waals surface area contributed by atoms with Crippen LogP contribution in [0, 0.1) is 0 Å². The first kappa shape index (κ1) is 10.1. The van der Waals surface area contributed by atoms with Crippen LogP contribution in [0.25, 0.3) is 10.9 Å². The van der Waals surface area contributed by atoms with Gasteiger partial charge in [0.2, 0.25) is 0 Å². The zero-order valence-electron chi connectivity index (χ0n) is 9.19. The Balaban J connectivity index is 2.26. The van der Waals surface area contributed by atoms with Crippen LogP contribution in [-0.4, -0.2) is 4.98 Å². The summed E-state index contributed by atoms with van der Waals surface area (Å²) in [6.45, 7) is 3.30. The SMILES string of the molecule is CCCCC[n+]1cncc2ccccc21. The van der Waals surface area contributed by atoms with Crippen LogP contribution in [0.3, 0.4) is 0 Å². The Labute approximate surface area is 90.6 Å². The first-order chi connectivity index (χ1) is 7.42. The van der Waals surface area contributed by atoms with E-state index in [1.54, 1.807) is 0 Å². The third-order valence-corrected chi connectivity index (χ3v) is 2.67. The van der Waals surface area contributed by atoms with Gasteiger partial charge < -0.3 is 0 Å². The fraction of sp³-hybridized carbons (Fsp3) is 0.385. The van der Waals surface area contributed by atoms with E-state index in [0.717, 1.165) is 6.54 Å². The third-order valence-electron chi connectivity index (χ3n) is 2.67. The number of nitrogens with zero attached hydrogens (tertiary/aromatic N) is 2. The maximum atomic E-state index is 4.25. The number of aromatic nitrogens is 2. The molecule has 15 heavy (non-hydrogen) atoms. The monoisotopic (exact) mass is 201 g/mol. The molecule has 0 saturated heterocycles. The number of benzene rings is 1. The largest absolute Gasteiger partial charge is 0.286 e. The van der Waals surface area contributed by atoms with E-state index in [9.17, 15) is 0 Å². The summed E-state index contributed by atoms with van der Waals surface area (Å²) < 4.78 is 2.24. The lowest BCUT2D eigenvalue weighted by Gasteiger charge is -2.01. The zero-order chi connectivity index (χ0) is 10.5. The molecule has 0 fully saturated rings. The lowest BCUT2D eigenvalue weighted by molar-refractivity contribution is -0.674. The Morgan fingerprint density at radius 3 is 2.93 bits per heavy atom. The Bertz CT molecular complexity index is 432. The summed E-state index contributed by atoms with van der Waals surface area (Å²) in [5.74, 6) is 0. The Morgan fingerprint density at radius 1 is 1.20 bits per heavy atom. The average Bonchev–Trinajstić information content (AvgIpc) is 2.30. The molecular weight excluding hydrogens is 184 g/mol. The van der Waals surface area contributed by atoms with Crippen LogP contribution >= 0.6 is 0 Å². The van der Waals surface area contributed by atoms with E-state index < -0.39 is 0 Å². The molecule has 2 aromatic rings. The van der Waals surface area contributed by atoms with Crippen molar-refractivity contribution in [1.29, 1.82) is 0 Å². The topological polar surface area (TPSA) is 16.8 Å². The molecule has 0 bridgehead atoms. The number of fused-ring (bicyclic) bond motifs is 1. The molecule has 0 N–H and O–H groups in total. The molecule has 0 aliphatic rings. The summed E-state index contributed by atoms with van der Waals surface area (Å²) in [5, 5.41) is 1.22. The smallest absolute Gasteiger partial charge is 0.230 e. The number of aryl methyl sites for hydroxylation is 1. The van der Waals surface area contributed by atoms with Gasteiger partial charge >= 0.3 is 0 Å². The van der Waals surface area contributed by atoms with Crippen LogP contribution in [0.15, 0.2) is 36.8 Å². The van der Waals surface area contributed by atoms with Crippen LogP contribution in [-0.2, 0) is 6.54 Å². The van der Waals surface area contributed by atoms with E-state index in [1.807, 2.05) is 12.5 Å². The maximum absolute atomic E-state index is 4.25. The van der Waals surface area contributed by atoms with Crippen molar-refractivity contribution >= 4 is 10.9 Å². The number of unbranched alkanes of at least 4 members (excludes halogenated alkanes) is 2. The van der Waals surface area contributed by atoms with Crippen molar-refractivity contribution in [3.8, 4) is 0 Å². The van der Waals surface area contributed by atoms with Crippen molar-refractivity contribution < 1.29 is 4.57 Å². The normalized spacial score (nSPS) is 10.7. The van der Waals surface area contributed by atoms with Crippen molar-refractivity contribution in [2.45, 2.75) is 32.7 Å². The molecule has 0 saturated carbocycles. The highest BCUT2D eigenvalue weighted by Crippen LogP contribution is 2.06. The first-order valence-electron chi connectivity index (χ1n) is 5.64. The van der Waals surface area contributed by atoms with Gasteiger partial charge in [-0.15, -0.1) is 0 Å². The molecule has 0 amide bonds. The molecule has 1 heterocycles. The van der Waals surface area contributed by atoms with E-state index in [-0.39, 0.29) is 0 Å². The number of hydrogen-bond donors (Lipinski definition) is 0. The second-order valence-corrected chi connectivity index (χ2v) is 3.85. The molecule has 78 valence electrons. The minimum absolute atomic E-state index is 1.07. The standard InChI is InChI=1S/C13H17N2/c1-2-3-6-9-15-11-14-10-12-7-4-5-8-13(12)15/h4-5,7-8,10-11H,2-3,6,9H2,1H3/q+1. The maximum Gasteiger partial charge on any atom is 0.286 e. The third kappa shape index (κ3) is 2.32. The summed E-state index contributed by atoms with van der Waals surface area (Å²) in [7, 11) is 0. The molecule has 2 nitrogen and oxygen atoms in total. The highest BCUT2D eigenvalue weighted by atomic mass is 15.0. The molecule has 1 aromatic carbocycles. The van der Waals surface area contributed by atoms with Gasteiger partial charge in [-0.25, -0.2) is 4.57 Å². The lowest BCUT2D eigenvalue weighted by atomic mass is 10.2. The van der Waals surface area contributed by atoms with Crippen molar-refractivity contribution in [3.63, 3.8) is 0 Å². The molecule has 1 aromatic heterocycles. The summed E-state index contributed by atoms with van der Waals surface area (Å²) in [6.07, 6.45) is 7.63. The second-order valence-electron chi connectivity index (χ2n) is 3.85. The van der Waals surface area contributed by atoms with Crippen molar-refractivity contribution in [2.24, 2.45) is 0 Å². The van der Waals surface area contributed by atoms with Gasteiger partial charge in [-0.1, -0.05) is 30.5 Å². The first-order valence-corrected chi connectivity index (χ1v) is 5.64. The van der Waals surface area contributed by atoms with Crippen LogP contribution in [0.4, 0.5) is 0 Å². The Kier molecular flexibility index (Phi) is 3.28. The van der Waals surface area contributed by atoms with E-state index in [4.69, 9.17) is 0 Å². The fourth-order valence-electron chi connectivity index (χ4n) is 1.82. The molecule has 0 spiro atoms. The quantitative estimate of drug-likeness (QED) is 0.549. The van der Waals surface area contributed by atoms with Gasteiger partial charge in [0.25, 0.3) is 6.33 Å². The molecule has 0 radical (unpaired) electrons. The minimum atomic E-state index is 1.07. The summed E-state index contributed by atoms with van der Waals surface area (Å²) in [6, 6.07) is 8.40. The predicted octanol–water partition coefficient (Wildman–Crippen LogP) is 2.71. The van der Waals surface area contributed by atoms with E-state index in [0.29, 0.717) is 0 Å². The molecule has 2 rings (SSSR count). The number of hydrogen-bond acceptors (Lipinski definition) is 1. The van der Waals surface area contributed by atoms with Crippen LogP contribution in [0.1, 0.15) is 26.2 Å². The van der Waals surface area contributed by atoms with Crippen LogP contribution in [0.5, 0.6) is 0 Å². The van der Waals surface area contributed by atoms with E-state index in [2.05, 4.69) is 40.7 Å². The molecule has 0 atom stereocenters. The fourth-order valence-corrected chi connectivity index (χ4v) is 1.82. The van der Waals surface area contributed by atoms with Gasteiger partial charge in [0.15, 0.2) is 6.20 Å². The highest BCUT2D eigenvalue weighted by Gasteiger charge is 2.04. The average molecular weight is 201 g/mol. The van der Waals surface area contributed by atoms with Crippen LogP contribution < -0.4 is 4.57 Å². The summed E-state index contributed by atoms with van der Waals surface area (Å²) in [4.78, 5) is 4.25. The van der Waals surface area contributed by atoms with Gasteiger partial charge in [0.05, 0.1) is 11.9 Å². The molecule has 0 aliphatic carbocycles. The van der Waals surface area contributed by atoms with Gasteiger partial charge in [0, 0.05) is 0 Å². The van der Waals surface area contributed by atoms with Crippen molar-refractivity contribution in [2.75, 3.05) is 0 Å². The Hall–Kier alpha value is -1.44. The van der Waals surface area contributed by atoms with Gasteiger partial charge in [-0.3, -0.25) is 0 Å². The van der Waals surface area contributed by atoms with Crippen LogP contribution in [0.2, 0.25) is 0 Å². The Morgan fingerprint density at radius 2 is 2.07 bits per heavy atom. The summed E-state index contributed by atoms with van der Waals surface area (Å²) >= 11 is 0. The van der Waals surface area contributed by atoms with Crippen molar-refractivity contribution in [3.05, 3.63) is 36.8 Å². The van der Waals surface area contributed by atoms with Gasteiger partial charge in [-0.2, -0.15) is 0 Å². The summed E-state index contributed by atoms with van der Waals surface area (Å²) in [5.41, 5.74) is 1.28. The number of para-hydroxylation sites is 1. The molecule has 2 heteroatoms. The zero-order valence-corrected chi connectivity index (χ0v) is 9.19. The number of rotatable bonds is 4. The molecule has 0 aliphatic heterocycles. The van der Waals surface area contributed by atoms with Crippen molar-refractivity contribution in [1.82, 2.24) is 4.98 Å². The minimum Gasteiger partial charge on any atom is -0.230 e.